The molecule has 28 heavy (non-hydrogen) atoms. The van der Waals surface area contributed by atoms with E-state index in [0.29, 0.717) is 38.0 Å². The van der Waals surface area contributed by atoms with Crippen molar-refractivity contribution in [2.24, 2.45) is 28.1 Å². The number of hydrogen-bond donors (Lipinski definition) is 6. The Morgan fingerprint density at radius 2 is 1.68 bits per heavy atom. The molecule has 3 atom stereocenters. The summed E-state index contributed by atoms with van der Waals surface area (Å²) in [6.45, 7) is 4.17. The van der Waals surface area contributed by atoms with Crippen LogP contribution < -0.4 is 27.8 Å². The molecule has 0 aromatic rings. The summed E-state index contributed by atoms with van der Waals surface area (Å²) in [7, 11) is 0. The molecule has 2 amide bonds. The Labute approximate surface area is 170 Å². The molecule has 162 valence electrons. The van der Waals surface area contributed by atoms with Gasteiger partial charge in [0.2, 0.25) is 11.8 Å². The first-order chi connectivity index (χ1) is 13.1. The number of rotatable bonds is 14. The van der Waals surface area contributed by atoms with Crippen LogP contribution in [0.2, 0.25) is 0 Å². The van der Waals surface area contributed by atoms with Crippen molar-refractivity contribution in [3.63, 3.8) is 0 Å². The number of guanidine groups is 1. The normalized spacial score (nSPS) is 14.0. The van der Waals surface area contributed by atoms with Gasteiger partial charge in [-0.05, 0) is 43.6 Å². The first-order valence-electron chi connectivity index (χ1n) is 9.21. The van der Waals surface area contributed by atoms with Gasteiger partial charge < -0.3 is 32.9 Å². The van der Waals surface area contributed by atoms with Crippen LogP contribution in [0.3, 0.4) is 0 Å². The quantitative estimate of drug-likeness (QED) is 0.120. The highest BCUT2D eigenvalue weighted by Crippen LogP contribution is 2.08. The van der Waals surface area contributed by atoms with Gasteiger partial charge in [0.15, 0.2) is 5.96 Å². The van der Waals surface area contributed by atoms with E-state index >= 15 is 0 Å². The molecule has 0 aliphatic carbocycles. The third-order valence-corrected chi connectivity index (χ3v) is 4.51. The lowest BCUT2D eigenvalue weighted by Crippen LogP contribution is -2.54. The molecule has 0 saturated heterocycles. The van der Waals surface area contributed by atoms with Crippen LogP contribution in [0.4, 0.5) is 0 Å². The van der Waals surface area contributed by atoms with Gasteiger partial charge in [-0.2, -0.15) is 11.8 Å². The third kappa shape index (κ3) is 11.7. The zero-order chi connectivity index (χ0) is 21.7. The van der Waals surface area contributed by atoms with Crippen molar-refractivity contribution in [3.05, 3.63) is 0 Å². The van der Waals surface area contributed by atoms with Gasteiger partial charge in [0.25, 0.3) is 0 Å². The van der Waals surface area contributed by atoms with E-state index in [1.165, 1.54) is 11.8 Å². The van der Waals surface area contributed by atoms with E-state index < -0.39 is 35.9 Å². The maximum atomic E-state index is 12.6. The van der Waals surface area contributed by atoms with E-state index in [1.807, 2.05) is 20.1 Å². The minimum absolute atomic E-state index is 0.0267. The minimum atomic E-state index is -1.10. The lowest BCUT2D eigenvalue weighted by Gasteiger charge is -2.24. The van der Waals surface area contributed by atoms with Gasteiger partial charge in [-0.15, -0.1) is 0 Å². The van der Waals surface area contributed by atoms with Crippen LogP contribution in [0.25, 0.3) is 0 Å². The fraction of sp³-hybridized carbons (Fsp3) is 0.765. The summed E-state index contributed by atoms with van der Waals surface area (Å²) < 4.78 is 0. The highest BCUT2D eigenvalue weighted by molar-refractivity contribution is 7.98. The number of carbonyl (C=O) groups excluding carboxylic acids is 2. The number of aliphatic imine (C=N–C) groups is 1. The van der Waals surface area contributed by atoms with E-state index in [9.17, 15) is 19.5 Å². The molecule has 11 heteroatoms. The van der Waals surface area contributed by atoms with Crippen molar-refractivity contribution in [3.8, 4) is 0 Å². The monoisotopic (exact) mass is 418 g/mol. The fourth-order valence-electron chi connectivity index (χ4n) is 2.40. The van der Waals surface area contributed by atoms with Crippen molar-refractivity contribution in [1.29, 1.82) is 0 Å². The first-order valence-corrected chi connectivity index (χ1v) is 10.6. The number of nitrogens with zero attached hydrogens (tertiary/aromatic N) is 1. The van der Waals surface area contributed by atoms with Crippen molar-refractivity contribution in [2.75, 3.05) is 18.6 Å². The van der Waals surface area contributed by atoms with Gasteiger partial charge in [0.1, 0.15) is 12.1 Å². The van der Waals surface area contributed by atoms with Crippen LogP contribution in [0, 0.1) is 5.92 Å². The summed E-state index contributed by atoms with van der Waals surface area (Å²) in [5, 5.41) is 14.4. The van der Waals surface area contributed by atoms with Gasteiger partial charge >= 0.3 is 5.97 Å². The molecule has 0 rings (SSSR count). The van der Waals surface area contributed by atoms with Crippen molar-refractivity contribution >= 4 is 35.5 Å². The highest BCUT2D eigenvalue weighted by Gasteiger charge is 2.28. The second-order valence-corrected chi connectivity index (χ2v) is 7.91. The molecule has 0 bridgehead atoms. The summed E-state index contributed by atoms with van der Waals surface area (Å²) in [6, 6.07) is -2.67. The van der Waals surface area contributed by atoms with E-state index in [2.05, 4.69) is 15.6 Å². The Hall–Kier alpha value is -2.01. The number of thioether (sulfide) groups is 1. The van der Waals surface area contributed by atoms with Crippen molar-refractivity contribution < 1.29 is 19.5 Å². The SMILES string of the molecule is CSCCC(NC(=O)C(CC(C)C)NC(=O)C(N)CCCN=C(N)N)C(=O)O. The van der Waals surface area contributed by atoms with Crippen molar-refractivity contribution in [2.45, 2.75) is 57.7 Å². The third-order valence-electron chi connectivity index (χ3n) is 3.87. The van der Waals surface area contributed by atoms with Crippen LogP contribution in [0.1, 0.15) is 39.5 Å². The fourth-order valence-corrected chi connectivity index (χ4v) is 2.87. The number of amides is 2. The van der Waals surface area contributed by atoms with E-state index in [-0.39, 0.29) is 11.9 Å². The average molecular weight is 419 g/mol. The number of carbonyl (C=O) groups is 3. The van der Waals surface area contributed by atoms with E-state index in [0.717, 1.165) is 0 Å². The average Bonchev–Trinajstić information content (AvgIpc) is 2.60. The Morgan fingerprint density at radius 1 is 1.07 bits per heavy atom. The van der Waals surface area contributed by atoms with Crippen LogP contribution in [-0.4, -0.2) is 65.5 Å². The molecule has 10 nitrogen and oxygen atoms in total. The van der Waals surface area contributed by atoms with Crippen molar-refractivity contribution in [1.82, 2.24) is 10.6 Å². The Kier molecular flexibility index (Phi) is 13.0. The summed E-state index contributed by atoms with van der Waals surface area (Å²) in [5.74, 6) is -1.41. The maximum absolute atomic E-state index is 12.6. The summed E-state index contributed by atoms with van der Waals surface area (Å²) in [6.07, 6.45) is 3.40. The molecule has 9 N–H and O–H groups in total. The molecule has 0 spiro atoms. The van der Waals surface area contributed by atoms with Gasteiger partial charge in [-0.25, -0.2) is 4.79 Å². The second kappa shape index (κ2) is 14.1. The lowest BCUT2D eigenvalue weighted by atomic mass is 10.0. The molecule has 0 aromatic carbocycles. The molecule has 0 aromatic heterocycles. The van der Waals surface area contributed by atoms with Gasteiger partial charge in [-0.3, -0.25) is 14.6 Å². The van der Waals surface area contributed by atoms with Crippen LogP contribution in [0.15, 0.2) is 4.99 Å². The second-order valence-electron chi connectivity index (χ2n) is 6.93. The Morgan fingerprint density at radius 3 is 2.18 bits per heavy atom. The molecule has 0 aliphatic rings. The minimum Gasteiger partial charge on any atom is -0.480 e. The smallest absolute Gasteiger partial charge is 0.326 e. The molecule has 0 heterocycles. The van der Waals surface area contributed by atoms with E-state index in [4.69, 9.17) is 17.2 Å². The summed E-state index contributed by atoms with van der Waals surface area (Å²) >= 11 is 1.49. The molecular formula is C17H34N6O4S. The largest absolute Gasteiger partial charge is 0.480 e. The van der Waals surface area contributed by atoms with Gasteiger partial charge in [0, 0.05) is 6.54 Å². The van der Waals surface area contributed by atoms with Crippen LogP contribution in [-0.2, 0) is 14.4 Å². The summed E-state index contributed by atoms with van der Waals surface area (Å²) in [5.41, 5.74) is 16.3. The number of nitrogens with two attached hydrogens (primary N) is 3. The molecule has 0 radical (unpaired) electrons. The number of nitrogens with one attached hydrogen (secondary N) is 2. The Bertz CT molecular complexity index is 540. The van der Waals surface area contributed by atoms with Crippen LogP contribution in [0.5, 0.6) is 0 Å². The van der Waals surface area contributed by atoms with Gasteiger partial charge in [-0.1, -0.05) is 13.8 Å². The summed E-state index contributed by atoms with van der Waals surface area (Å²) in [4.78, 5) is 40.1. The van der Waals surface area contributed by atoms with Crippen LogP contribution >= 0.6 is 11.8 Å². The molecule has 3 unspecified atom stereocenters. The number of carboxylic acid groups (broad SMARTS) is 1. The lowest BCUT2D eigenvalue weighted by molar-refractivity contribution is -0.142. The molecular weight excluding hydrogens is 384 g/mol. The maximum Gasteiger partial charge on any atom is 0.326 e. The molecule has 0 aliphatic heterocycles. The topological polar surface area (TPSA) is 186 Å². The zero-order valence-electron chi connectivity index (χ0n) is 16.8. The zero-order valence-corrected chi connectivity index (χ0v) is 17.6. The van der Waals surface area contributed by atoms with E-state index in [1.54, 1.807) is 0 Å². The standard InChI is InChI=1S/C17H34N6O4S/c1-10(2)9-13(15(25)22-12(16(26)27)6-8-28-3)23-14(24)11(18)5-4-7-21-17(19)20/h10-13H,4-9,18H2,1-3H3,(H,22,25)(H,23,24)(H,26,27)(H4,19,20,21). The predicted molar refractivity (Wildman–Crippen MR) is 112 cm³/mol. The highest BCUT2D eigenvalue weighted by atomic mass is 32.2. The predicted octanol–water partition coefficient (Wildman–Crippen LogP) is -0.779. The first kappa shape index (κ1) is 26.0. The number of hydrogen-bond acceptors (Lipinski definition) is 6. The molecule has 0 fully saturated rings. The Balaban J connectivity index is 4.86. The molecule has 0 saturated carbocycles. The number of aliphatic carboxylic acids is 1. The van der Waals surface area contributed by atoms with Gasteiger partial charge in [0.05, 0.1) is 6.04 Å². The number of carboxylic acids is 1.